The molecule has 0 radical (unpaired) electrons. The largest absolute Gasteiger partial charge is 0.490 e. The maximum absolute atomic E-state index is 14.4. The number of allylic oxidation sites excluding steroid dienone is 4. The minimum atomic E-state index is -0.358. The van der Waals surface area contributed by atoms with Gasteiger partial charge < -0.3 is 9.47 Å². The lowest BCUT2D eigenvalue weighted by Crippen LogP contribution is -2.43. The molecule has 36 heavy (non-hydrogen) atoms. The number of aromatic nitrogens is 2. The van der Waals surface area contributed by atoms with Gasteiger partial charge in [-0.3, -0.25) is 9.88 Å². The van der Waals surface area contributed by atoms with Crippen molar-refractivity contribution < 1.29 is 18.3 Å². The molecule has 194 valence electrons. The third-order valence-electron chi connectivity index (χ3n) is 6.92. The minimum Gasteiger partial charge on any atom is -0.490 e. The highest BCUT2D eigenvalue weighted by atomic mass is 19.1. The van der Waals surface area contributed by atoms with Crippen LogP contribution in [0.2, 0.25) is 0 Å². The van der Waals surface area contributed by atoms with E-state index in [-0.39, 0.29) is 28.4 Å². The molecule has 1 saturated heterocycles. The smallest absolute Gasteiger partial charge is 0.237 e. The van der Waals surface area contributed by atoms with Crippen molar-refractivity contribution in [1.29, 1.82) is 0 Å². The molecule has 2 aliphatic rings. The number of halogens is 2. The molecule has 1 aliphatic carbocycles. The summed E-state index contributed by atoms with van der Waals surface area (Å²) in [5.74, 6) is 0.472. The number of likely N-dealkylation sites (tertiary alicyclic amines) is 1. The van der Waals surface area contributed by atoms with Crippen molar-refractivity contribution in [2.24, 2.45) is 5.41 Å². The van der Waals surface area contributed by atoms with Gasteiger partial charge in [-0.1, -0.05) is 24.3 Å². The van der Waals surface area contributed by atoms with Gasteiger partial charge in [-0.25, -0.2) is 13.8 Å². The van der Waals surface area contributed by atoms with E-state index in [9.17, 15) is 8.78 Å². The number of hydrogen-bond donors (Lipinski definition) is 0. The molecule has 0 saturated carbocycles. The summed E-state index contributed by atoms with van der Waals surface area (Å²) >= 11 is 0. The van der Waals surface area contributed by atoms with Crippen LogP contribution < -0.4 is 9.47 Å². The lowest BCUT2D eigenvalue weighted by atomic mass is 9.74. The van der Waals surface area contributed by atoms with Gasteiger partial charge in [0.2, 0.25) is 5.88 Å². The summed E-state index contributed by atoms with van der Waals surface area (Å²) in [7, 11) is 0. The van der Waals surface area contributed by atoms with Crippen LogP contribution in [0.25, 0.3) is 0 Å². The van der Waals surface area contributed by atoms with Crippen LogP contribution in [0.1, 0.15) is 65.0 Å². The Kier molecular flexibility index (Phi) is 8.39. The monoisotopic (exact) mass is 497 g/mol. The first-order valence-electron chi connectivity index (χ1n) is 12.9. The molecule has 1 aromatic carbocycles. The Bertz CT molecular complexity index is 1090. The van der Waals surface area contributed by atoms with Crippen LogP contribution in [0.4, 0.5) is 8.78 Å². The number of hydrogen-bond acceptors (Lipinski definition) is 5. The van der Waals surface area contributed by atoms with Gasteiger partial charge in [0.25, 0.3) is 0 Å². The van der Waals surface area contributed by atoms with E-state index >= 15 is 0 Å². The topological polar surface area (TPSA) is 47.5 Å². The number of nitrogens with zero attached hydrogens (tertiary/aromatic N) is 3. The molecule has 0 spiro atoms. The van der Waals surface area contributed by atoms with Crippen molar-refractivity contribution in [3.05, 3.63) is 71.7 Å². The number of ether oxygens (including phenoxy) is 2. The minimum absolute atomic E-state index is 0.00543. The zero-order valence-electron chi connectivity index (χ0n) is 21.6. The summed E-state index contributed by atoms with van der Waals surface area (Å²) in [6, 6.07) is 6.51. The first-order valence-corrected chi connectivity index (χ1v) is 12.9. The number of benzene rings is 1. The first-order chi connectivity index (χ1) is 17.2. The Morgan fingerprint density at radius 1 is 1.06 bits per heavy atom. The molecule has 1 aromatic heterocycles. The quantitative estimate of drug-likeness (QED) is 0.381. The Hall–Kier alpha value is -2.80. The van der Waals surface area contributed by atoms with Crippen molar-refractivity contribution >= 4 is 0 Å². The fourth-order valence-electron chi connectivity index (χ4n) is 4.80. The van der Waals surface area contributed by atoms with Crippen LogP contribution in [-0.2, 0) is 6.54 Å². The van der Waals surface area contributed by atoms with Crippen LogP contribution in [0.5, 0.6) is 11.6 Å². The Labute approximate surface area is 213 Å². The van der Waals surface area contributed by atoms with Gasteiger partial charge in [-0.15, -0.1) is 0 Å². The molecule has 4 rings (SSSR count). The summed E-state index contributed by atoms with van der Waals surface area (Å²) in [6.45, 7) is 8.71. The standard InChI is InChI=1S/C29H37F2N3O2/c1-28(2,3)36-27-25(32-16-17-33-27)20-34-18-14-29(15-19-34,13-12-22-8-4-5-9-23(22)30)21-35-26-11-7-6-10-24(26)31/h4,6-8,10-11,16-17H,5,9,12-15,18-21H2,1-3H3. The van der Waals surface area contributed by atoms with Gasteiger partial charge in [0.1, 0.15) is 17.1 Å². The predicted octanol–water partition coefficient (Wildman–Crippen LogP) is 6.81. The molecule has 5 nitrogen and oxygen atoms in total. The lowest BCUT2D eigenvalue weighted by Gasteiger charge is -2.42. The van der Waals surface area contributed by atoms with Gasteiger partial charge in [-0.05, 0) is 83.7 Å². The molecule has 7 heteroatoms. The van der Waals surface area contributed by atoms with Crippen molar-refractivity contribution in [3.8, 4) is 11.6 Å². The fraction of sp³-hybridized carbons (Fsp3) is 0.517. The van der Waals surface area contributed by atoms with Gasteiger partial charge in [0.05, 0.1) is 6.61 Å². The average molecular weight is 498 g/mol. The van der Waals surface area contributed by atoms with Crippen molar-refractivity contribution in [2.45, 2.75) is 71.4 Å². The third kappa shape index (κ3) is 7.12. The molecule has 2 aromatic rings. The second-order valence-electron chi connectivity index (χ2n) is 10.9. The van der Waals surface area contributed by atoms with E-state index in [0.29, 0.717) is 31.9 Å². The lowest BCUT2D eigenvalue weighted by molar-refractivity contribution is 0.0413. The van der Waals surface area contributed by atoms with E-state index in [1.807, 2.05) is 32.9 Å². The normalized spacial score (nSPS) is 18.4. The second-order valence-corrected chi connectivity index (χ2v) is 10.9. The van der Waals surface area contributed by atoms with E-state index < -0.39 is 0 Å². The Morgan fingerprint density at radius 3 is 2.53 bits per heavy atom. The summed E-state index contributed by atoms with van der Waals surface area (Å²) in [6.07, 6.45) is 11.8. The second kappa shape index (κ2) is 11.5. The van der Waals surface area contributed by atoms with Crippen LogP contribution >= 0.6 is 0 Å². The third-order valence-corrected chi connectivity index (χ3v) is 6.92. The number of rotatable bonds is 9. The van der Waals surface area contributed by atoms with E-state index in [1.165, 1.54) is 6.07 Å². The van der Waals surface area contributed by atoms with Crippen molar-refractivity contribution in [3.63, 3.8) is 0 Å². The van der Waals surface area contributed by atoms with E-state index in [4.69, 9.17) is 9.47 Å². The Balaban J connectivity index is 1.44. The molecule has 1 aliphatic heterocycles. The van der Waals surface area contributed by atoms with Crippen molar-refractivity contribution in [1.82, 2.24) is 14.9 Å². The summed E-state index contributed by atoms with van der Waals surface area (Å²) < 4.78 is 40.7. The van der Waals surface area contributed by atoms with Crippen LogP contribution in [-0.4, -0.2) is 40.2 Å². The maximum Gasteiger partial charge on any atom is 0.237 e. The molecule has 1 fully saturated rings. The molecule has 0 bridgehead atoms. The first kappa shape index (κ1) is 26.3. The van der Waals surface area contributed by atoms with Gasteiger partial charge in [0.15, 0.2) is 11.6 Å². The van der Waals surface area contributed by atoms with Crippen LogP contribution in [0.15, 0.2) is 60.2 Å². The molecule has 0 unspecified atom stereocenters. The molecular weight excluding hydrogens is 460 g/mol. The highest BCUT2D eigenvalue weighted by Crippen LogP contribution is 2.40. The van der Waals surface area contributed by atoms with Gasteiger partial charge in [0, 0.05) is 30.8 Å². The fourth-order valence-corrected chi connectivity index (χ4v) is 4.80. The van der Waals surface area contributed by atoms with Crippen LogP contribution in [0.3, 0.4) is 0 Å². The Morgan fingerprint density at radius 2 is 1.81 bits per heavy atom. The highest BCUT2D eigenvalue weighted by Gasteiger charge is 2.36. The summed E-state index contributed by atoms with van der Waals surface area (Å²) in [5.41, 5.74) is 1.09. The maximum atomic E-state index is 14.4. The average Bonchev–Trinajstić information content (AvgIpc) is 2.85. The molecule has 0 atom stereocenters. The SMILES string of the molecule is CC(C)(C)Oc1nccnc1CN1CCC(CCC2=C(F)CCC=C2)(COc2ccccc2F)CC1. The zero-order chi connectivity index (χ0) is 25.6. The number of para-hydroxylation sites is 1. The summed E-state index contributed by atoms with van der Waals surface area (Å²) in [4.78, 5) is 11.3. The van der Waals surface area contributed by atoms with E-state index in [2.05, 4.69) is 14.9 Å². The number of piperidine rings is 1. The van der Waals surface area contributed by atoms with Gasteiger partial charge >= 0.3 is 0 Å². The molecule has 0 N–H and O–H groups in total. The van der Waals surface area contributed by atoms with Crippen molar-refractivity contribution in [2.75, 3.05) is 19.7 Å². The van der Waals surface area contributed by atoms with Gasteiger partial charge in [-0.2, -0.15) is 0 Å². The molecule has 0 amide bonds. The van der Waals surface area contributed by atoms with E-state index in [0.717, 1.165) is 50.0 Å². The van der Waals surface area contributed by atoms with Crippen LogP contribution in [0, 0.1) is 11.2 Å². The molecule has 2 heterocycles. The predicted molar refractivity (Wildman–Crippen MR) is 137 cm³/mol. The molecular formula is C29H37F2N3O2. The summed E-state index contributed by atoms with van der Waals surface area (Å²) in [5, 5.41) is 0. The zero-order valence-corrected chi connectivity index (χ0v) is 21.6. The van der Waals surface area contributed by atoms with E-state index in [1.54, 1.807) is 30.6 Å². The highest BCUT2D eigenvalue weighted by molar-refractivity contribution is 5.26.